The molecule has 0 bridgehead atoms. The van der Waals surface area contributed by atoms with Crippen LogP contribution in [-0.2, 0) is 30.0 Å². The lowest BCUT2D eigenvalue weighted by atomic mass is 9.95. The Morgan fingerprint density at radius 2 is 1.88 bits per heavy atom. The first-order valence-corrected chi connectivity index (χ1v) is 9.81. The lowest BCUT2D eigenvalue weighted by Gasteiger charge is -2.41. The van der Waals surface area contributed by atoms with Crippen LogP contribution in [0, 0.1) is 5.92 Å². The van der Waals surface area contributed by atoms with Gasteiger partial charge in [-0.1, -0.05) is 0 Å². The first kappa shape index (κ1) is 19.5. The second-order valence-electron chi connectivity index (χ2n) is 7.63. The molecule has 0 spiro atoms. The molecule has 2 fully saturated rings. The van der Waals surface area contributed by atoms with Crippen LogP contribution in [0.4, 0.5) is 0 Å². The highest BCUT2D eigenvalue weighted by molar-refractivity contribution is 7.85. The minimum Gasteiger partial charge on any atom is -0.459 e. The molecule has 0 aliphatic carbocycles. The molecular weight excluding hydrogens is 330 g/mol. The van der Waals surface area contributed by atoms with Gasteiger partial charge in [0.05, 0.1) is 0 Å². The quantitative estimate of drug-likeness (QED) is 0.553. The first-order chi connectivity index (χ1) is 11.3. The van der Waals surface area contributed by atoms with Gasteiger partial charge >= 0.3 is 5.97 Å². The van der Waals surface area contributed by atoms with Gasteiger partial charge in [-0.15, -0.1) is 0 Å². The van der Waals surface area contributed by atoms with Crippen LogP contribution >= 0.6 is 0 Å². The highest BCUT2D eigenvalue weighted by atomic mass is 32.2. The van der Waals surface area contributed by atoms with Crippen molar-refractivity contribution in [2.24, 2.45) is 5.92 Å². The van der Waals surface area contributed by atoms with Crippen LogP contribution < -0.4 is 0 Å². The van der Waals surface area contributed by atoms with Crippen molar-refractivity contribution >= 4 is 23.2 Å². The predicted octanol–water partition coefficient (Wildman–Crippen LogP) is 1.84. The zero-order chi connectivity index (χ0) is 17.8. The fourth-order valence-corrected chi connectivity index (χ4v) is 4.95. The largest absolute Gasteiger partial charge is 0.459 e. The van der Waals surface area contributed by atoms with Gasteiger partial charge in [0, 0.05) is 32.7 Å². The van der Waals surface area contributed by atoms with Crippen LogP contribution in [-0.4, -0.2) is 57.4 Å². The van der Waals surface area contributed by atoms with E-state index >= 15 is 0 Å². The third-order valence-corrected chi connectivity index (χ3v) is 6.72. The number of ether oxygens (including phenoxy) is 2. The first-order valence-electron chi connectivity index (χ1n) is 8.70. The maximum atomic E-state index is 13.3. The molecule has 0 radical (unpaired) electrons. The lowest BCUT2D eigenvalue weighted by Crippen LogP contribution is -2.55. The smallest absolute Gasteiger partial charge is 0.326 e. The number of nitrogens with zero attached hydrogens (tertiary/aromatic N) is 1. The van der Waals surface area contributed by atoms with Crippen LogP contribution in [0.2, 0.25) is 0 Å². The summed E-state index contributed by atoms with van der Waals surface area (Å²) in [7, 11) is -1.44. The van der Waals surface area contributed by atoms with E-state index in [9.17, 15) is 13.8 Å². The topological polar surface area (TPSA) is 72.9 Å². The molecule has 2 rings (SSSR count). The summed E-state index contributed by atoms with van der Waals surface area (Å²) in [5, 5.41) is 0. The summed E-state index contributed by atoms with van der Waals surface area (Å²) in [6.07, 6.45) is 4.03. The molecule has 2 saturated heterocycles. The summed E-state index contributed by atoms with van der Waals surface area (Å²) in [6, 6.07) is 0. The van der Waals surface area contributed by atoms with Crippen molar-refractivity contribution < 1.29 is 23.3 Å². The molecular formula is C17H29NO5S. The predicted molar refractivity (Wildman–Crippen MR) is 91.7 cm³/mol. The number of rotatable bonds is 5. The standard InChI is InChI=1S/C17H29NO5S/c1-16(2,3)23-15(20)17(7-12-22-13-8-17)24(21)18-9-4-14(5-10-18)6-11-19/h11,14H,4-10,12-13H2,1-3H3. The monoisotopic (exact) mass is 359 g/mol. The fraction of sp³-hybridized carbons (Fsp3) is 0.882. The van der Waals surface area contributed by atoms with Crippen LogP contribution in [0.25, 0.3) is 0 Å². The van der Waals surface area contributed by atoms with Crippen LogP contribution in [0.1, 0.15) is 52.9 Å². The van der Waals surface area contributed by atoms with Crippen molar-refractivity contribution in [3.63, 3.8) is 0 Å². The number of hydrogen-bond donors (Lipinski definition) is 0. The van der Waals surface area contributed by atoms with Gasteiger partial charge in [-0.25, -0.2) is 8.51 Å². The number of aldehydes is 1. The second kappa shape index (κ2) is 8.06. The van der Waals surface area contributed by atoms with Gasteiger partial charge < -0.3 is 14.3 Å². The Morgan fingerprint density at radius 1 is 1.29 bits per heavy atom. The molecule has 0 aromatic rings. The zero-order valence-corrected chi connectivity index (χ0v) is 15.7. The Labute approximate surface area is 146 Å². The van der Waals surface area contributed by atoms with Crippen molar-refractivity contribution in [1.29, 1.82) is 0 Å². The van der Waals surface area contributed by atoms with Gasteiger partial charge in [-0.2, -0.15) is 0 Å². The van der Waals surface area contributed by atoms with Gasteiger partial charge in [0.1, 0.15) is 22.9 Å². The highest BCUT2D eigenvalue weighted by Crippen LogP contribution is 2.34. The van der Waals surface area contributed by atoms with Crippen LogP contribution in [0.3, 0.4) is 0 Å². The Balaban J connectivity index is 2.11. The molecule has 0 amide bonds. The Hall–Kier alpha value is -0.790. The molecule has 138 valence electrons. The van der Waals surface area contributed by atoms with E-state index in [-0.39, 0.29) is 5.97 Å². The van der Waals surface area contributed by atoms with E-state index in [1.807, 2.05) is 25.1 Å². The Bertz CT molecular complexity index is 474. The second-order valence-corrected chi connectivity index (χ2v) is 9.43. The van der Waals surface area contributed by atoms with Crippen molar-refractivity contribution in [1.82, 2.24) is 4.31 Å². The minimum atomic E-state index is -1.44. The van der Waals surface area contributed by atoms with Gasteiger partial charge in [-0.3, -0.25) is 4.79 Å². The normalized spacial score (nSPS) is 24.3. The van der Waals surface area contributed by atoms with Crippen molar-refractivity contribution in [2.45, 2.75) is 63.2 Å². The number of piperidine rings is 1. The molecule has 2 aliphatic rings. The fourth-order valence-electron chi connectivity index (χ4n) is 3.22. The van der Waals surface area contributed by atoms with E-state index in [0.29, 0.717) is 51.5 Å². The Kier molecular flexibility index (Phi) is 6.56. The average molecular weight is 359 g/mol. The van der Waals surface area contributed by atoms with Gasteiger partial charge in [-0.05, 0) is 52.4 Å². The van der Waals surface area contributed by atoms with Crippen molar-refractivity contribution in [3.05, 3.63) is 0 Å². The molecule has 6 nitrogen and oxygen atoms in total. The van der Waals surface area contributed by atoms with E-state index in [4.69, 9.17) is 9.47 Å². The summed E-state index contributed by atoms with van der Waals surface area (Å²) in [5.41, 5.74) is -0.608. The van der Waals surface area contributed by atoms with Gasteiger partial charge in [0.15, 0.2) is 4.75 Å². The molecule has 0 aromatic carbocycles. The van der Waals surface area contributed by atoms with E-state index < -0.39 is 21.3 Å². The molecule has 2 aliphatic heterocycles. The van der Waals surface area contributed by atoms with E-state index in [1.54, 1.807) is 0 Å². The van der Waals surface area contributed by atoms with Crippen LogP contribution in [0.5, 0.6) is 0 Å². The third kappa shape index (κ3) is 4.64. The number of hydrogen-bond acceptors (Lipinski definition) is 5. The van der Waals surface area contributed by atoms with Gasteiger partial charge in [0.25, 0.3) is 0 Å². The van der Waals surface area contributed by atoms with Crippen molar-refractivity contribution in [3.8, 4) is 0 Å². The molecule has 7 heteroatoms. The van der Waals surface area contributed by atoms with Gasteiger partial charge in [0.2, 0.25) is 0 Å². The number of carbonyl (C=O) groups is 2. The molecule has 24 heavy (non-hydrogen) atoms. The maximum absolute atomic E-state index is 13.3. The molecule has 2 heterocycles. The molecule has 0 saturated carbocycles. The maximum Gasteiger partial charge on any atom is 0.326 e. The summed E-state index contributed by atoms with van der Waals surface area (Å²) < 4.78 is 25.1. The number of esters is 1. The molecule has 1 atom stereocenters. The zero-order valence-electron chi connectivity index (χ0n) is 14.9. The lowest BCUT2D eigenvalue weighted by molar-refractivity contribution is -0.160. The van der Waals surface area contributed by atoms with E-state index in [1.165, 1.54) is 0 Å². The minimum absolute atomic E-state index is 0.364. The van der Waals surface area contributed by atoms with Crippen LogP contribution in [0.15, 0.2) is 0 Å². The summed E-state index contributed by atoms with van der Waals surface area (Å²) in [4.78, 5) is 23.5. The summed E-state index contributed by atoms with van der Waals surface area (Å²) >= 11 is 0. The van der Waals surface area contributed by atoms with Crippen molar-refractivity contribution in [2.75, 3.05) is 26.3 Å². The Morgan fingerprint density at radius 3 is 2.38 bits per heavy atom. The van der Waals surface area contributed by atoms with E-state index in [0.717, 1.165) is 19.1 Å². The SMILES string of the molecule is CC(C)(C)OC(=O)C1(S(=O)N2CCC(CC=O)CC2)CCOCC1. The number of carbonyl (C=O) groups excluding carboxylic acids is 2. The van der Waals surface area contributed by atoms with E-state index in [2.05, 4.69) is 0 Å². The highest BCUT2D eigenvalue weighted by Gasteiger charge is 2.50. The average Bonchev–Trinajstić information content (AvgIpc) is 2.54. The molecule has 0 N–H and O–H groups in total. The third-order valence-electron chi connectivity index (χ3n) is 4.64. The summed E-state index contributed by atoms with van der Waals surface area (Å²) in [6.45, 7) is 7.62. The molecule has 1 unspecified atom stereocenters. The molecule has 0 aromatic heterocycles. The summed E-state index contributed by atoms with van der Waals surface area (Å²) in [5.74, 6) is -0.0189.